The Morgan fingerprint density at radius 2 is 2.23 bits per heavy atom. The monoisotopic (exact) mass is 186 g/mol. The maximum absolute atomic E-state index is 9.37. The topological polar surface area (TPSA) is 35.5 Å². The van der Waals surface area contributed by atoms with Crippen molar-refractivity contribution in [2.75, 3.05) is 27.2 Å². The van der Waals surface area contributed by atoms with Crippen LogP contribution >= 0.6 is 0 Å². The van der Waals surface area contributed by atoms with Crippen molar-refractivity contribution < 1.29 is 5.11 Å². The summed E-state index contributed by atoms with van der Waals surface area (Å²) < 4.78 is 0. The molecule has 3 nitrogen and oxygen atoms in total. The van der Waals surface area contributed by atoms with Gasteiger partial charge in [0.05, 0.1) is 6.61 Å². The average Bonchev–Trinajstić information content (AvgIpc) is 2.51. The van der Waals surface area contributed by atoms with Crippen LogP contribution in [0.1, 0.15) is 26.2 Å². The minimum Gasteiger partial charge on any atom is -0.394 e. The van der Waals surface area contributed by atoms with Gasteiger partial charge in [0.25, 0.3) is 0 Å². The molecule has 1 aliphatic carbocycles. The molecule has 0 radical (unpaired) electrons. The lowest BCUT2D eigenvalue weighted by Crippen LogP contribution is -2.47. The molecule has 0 aromatic heterocycles. The fourth-order valence-corrected chi connectivity index (χ4v) is 2.27. The van der Waals surface area contributed by atoms with E-state index in [1.807, 2.05) is 0 Å². The second-order valence-corrected chi connectivity index (χ2v) is 4.33. The van der Waals surface area contributed by atoms with Crippen LogP contribution in [0.4, 0.5) is 0 Å². The van der Waals surface area contributed by atoms with Gasteiger partial charge in [0.15, 0.2) is 0 Å². The molecular formula is C10H22N2O. The van der Waals surface area contributed by atoms with Gasteiger partial charge in [-0.3, -0.25) is 0 Å². The zero-order valence-electron chi connectivity index (χ0n) is 9.01. The van der Waals surface area contributed by atoms with Gasteiger partial charge in [0.2, 0.25) is 0 Å². The van der Waals surface area contributed by atoms with Gasteiger partial charge in [-0.1, -0.05) is 6.92 Å². The van der Waals surface area contributed by atoms with Crippen LogP contribution in [0.5, 0.6) is 0 Å². The summed E-state index contributed by atoms with van der Waals surface area (Å²) in [4.78, 5) is 2.26. The molecule has 0 heterocycles. The van der Waals surface area contributed by atoms with E-state index in [0.717, 1.165) is 19.4 Å². The minimum atomic E-state index is 0.00366. The molecule has 13 heavy (non-hydrogen) atoms. The highest BCUT2D eigenvalue weighted by Gasteiger charge is 2.38. The number of likely N-dealkylation sites (N-methyl/N-ethyl adjacent to an activating group) is 1. The summed E-state index contributed by atoms with van der Waals surface area (Å²) in [6.07, 6.45) is 3.37. The first-order chi connectivity index (χ1) is 6.13. The summed E-state index contributed by atoms with van der Waals surface area (Å²) in [7, 11) is 4.23. The van der Waals surface area contributed by atoms with Gasteiger partial charge in [-0.2, -0.15) is 0 Å². The van der Waals surface area contributed by atoms with E-state index in [4.69, 9.17) is 0 Å². The Morgan fingerprint density at radius 1 is 1.54 bits per heavy atom. The van der Waals surface area contributed by atoms with E-state index in [9.17, 15) is 5.11 Å². The number of aliphatic hydroxyl groups excluding tert-OH is 1. The first-order valence-electron chi connectivity index (χ1n) is 5.16. The second kappa shape index (κ2) is 4.40. The number of nitrogens with zero attached hydrogens (tertiary/aromatic N) is 1. The molecule has 2 atom stereocenters. The van der Waals surface area contributed by atoms with Gasteiger partial charge >= 0.3 is 0 Å². The maximum Gasteiger partial charge on any atom is 0.0613 e. The Kier molecular flexibility index (Phi) is 3.71. The van der Waals surface area contributed by atoms with Crippen LogP contribution in [0.25, 0.3) is 0 Å². The first-order valence-corrected chi connectivity index (χ1v) is 5.16. The molecule has 0 saturated heterocycles. The van der Waals surface area contributed by atoms with E-state index < -0.39 is 0 Å². The average molecular weight is 186 g/mol. The van der Waals surface area contributed by atoms with Crippen molar-refractivity contribution in [1.82, 2.24) is 10.2 Å². The van der Waals surface area contributed by atoms with Crippen LogP contribution in [0.3, 0.4) is 0 Å². The third-order valence-corrected chi connectivity index (χ3v) is 3.17. The van der Waals surface area contributed by atoms with Crippen LogP contribution in [0.15, 0.2) is 0 Å². The van der Waals surface area contributed by atoms with Gasteiger partial charge in [-0.15, -0.1) is 0 Å². The summed E-state index contributed by atoms with van der Waals surface area (Å²) in [5.74, 6) is 0. The van der Waals surface area contributed by atoms with Crippen molar-refractivity contribution in [3.63, 3.8) is 0 Å². The van der Waals surface area contributed by atoms with E-state index in [1.165, 1.54) is 6.42 Å². The van der Waals surface area contributed by atoms with Gasteiger partial charge in [0, 0.05) is 11.6 Å². The minimum absolute atomic E-state index is 0.00366. The molecule has 0 spiro atoms. The highest BCUT2D eigenvalue weighted by molar-refractivity contribution is 4.98. The molecule has 2 N–H and O–H groups in total. The lowest BCUT2D eigenvalue weighted by atomic mass is 9.98. The number of rotatable bonds is 4. The van der Waals surface area contributed by atoms with Crippen LogP contribution < -0.4 is 5.32 Å². The zero-order chi connectivity index (χ0) is 9.90. The fourth-order valence-electron chi connectivity index (χ4n) is 2.27. The Bertz CT molecular complexity index is 161. The van der Waals surface area contributed by atoms with Gasteiger partial charge < -0.3 is 15.3 Å². The van der Waals surface area contributed by atoms with Crippen molar-refractivity contribution in [2.24, 2.45) is 0 Å². The number of aliphatic hydroxyl groups is 1. The SMILES string of the molecule is CCNC1(CO)CCC(N(C)C)C1. The smallest absolute Gasteiger partial charge is 0.0613 e. The molecule has 3 heteroatoms. The highest BCUT2D eigenvalue weighted by Crippen LogP contribution is 2.31. The third-order valence-electron chi connectivity index (χ3n) is 3.17. The highest BCUT2D eigenvalue weighted by atomic mass is 16.3. The van der Waals surface area contributed by atoms with E-state index in [-0.39, 0.29) is 12.1 Å². The summed E-state index contributed by atoms with van der Waals surface area (Å²) >= 11 is 0. The summed E-state index contributed by atoms with van der Waals surface area (Å²) in [5, 5.41) is 12.8. The number of hydrogen-bond donors (Lipinski definition) is 2. The molecule has 1 aliphatic rings. The first kappa shape index (κ1) is 11.0. The fraction of sp³-hybridized carbons (Fsp3) is 1.00. The van der Waals surface area contributed by atoms with Gasteiger partial charge in [0.1, 0.15) is 0 Å². The van der Waals surface area contributed by atoms with E-state index in [1.54, 1.807) is 0 Å². The van der Waals surface area contributed by atoms with Crippen molar-refractivity contribution in [2.45, 2.75) is 37.8 Å². The van der Waals surface area contributed by atoms with Crippen molar-refractivity contribution >= 4 is 0 Å². The molecular weight excluding hydrogens is 164 g/mol. The zero-order valence-corrected chi connectivity index (χ0v) is 9.01. The van der Waals surface area contributed by atoms with Crippen LogP contribution in [0.2, 0.25) is 0 Å². The van der Waals surface area contributed by atoms with Crippen LogP contribution in [-0.2, 0) is 0 Å². The van der Waals surface area contributed by atoms with Crippen molar-refractivity contribution in [3.8, 4) is 0 Å². The molecule has 0 aromatic rings. The van der Waals surface area contributed by atoms with Crippen LogP contribution in [0, 0.1) is 0 Å². The molecule has 0 bridgehead atoms. The Morgan fingerprint density at radius 3 is 2.62 bits per heavy atom. The molecule has 2 unspecified atom stereocenters. The molecule has 0 aromatic carbocycles. The normalized spacial score (nSPS) is 34.4. The lowest BCUT2D eigenvalue weighted by molar-refractivity contribution is 0.156. The molecule has 1 saturated carbocycles. The Balaban J connectivity index is 2.52. The Labute approximate surface area is 81.1 Å². The molecule has 1 rings (SSSR count). The van der Waals surface area contributed by atoms with E-state index >= 15 is 0 Å². The maximum atomic E-state index is 9.37. The van der Waals surface area contributed by atoms with Crippen molar-refractivity contribution in [1.29, 1.82) is 0 Å². The summed E-state index contributed by atoms with van der Waals surface area (Å²) in [6.45, 7) is 3.31. The molecule has 1 fully saturated rings. The van der Waals surface area contributed by atoms with Gasteiger partial charge in [-0.05, 0) is 39.9 Å². The largest absolute Gasteiger partial charge is 0.394 e. The quantitative estimate of drug-likeness (QED) is 0.669. The third kappa shape index (κ3) is 2.42. The second-order valence-electron chi connectivity index (χ2n) is 4.33. The van der Waals surface area contributed by atoms with Gasteiger partial charge in [-0.25, -0.2) is 0 Å². The summed E-state index contributed by atoms with van der Waals surface area (Å²) in [5.41, 5.74) is 0.00366. The predicted molar refractivity (Wildman–Crippen MR) is 54.8 cm³/mol. The number of hydrogen-bond acceptors (Lipinski definition) is 3. The Hall–Kier alpha value is -0.120. The number of nitrogens with one attached hydrogen (secondary N) is 1. The van der Waals surface area contributed by atoms with E-state index in [2.05, 4.69) is 31.2 Å². The van der Waals surface area contributed by atoms with Crippen LogP contribution in [-0.4, -0.2) is 48.8 Å². The van der Waals surface area contributed by atoms with Crippen molar-refractivity contribution in [3.05, 3.63) is 0 Å². The summed E-state index contributed by atoms with van der Waals surface area (Å²) in [6, 6.07) is 0.631. The van der Waals surface area contributed by atoms with E-state index in [0.29, 0.717) is 6.04 Å². The predicted octanol–water partition coefficient (Wildman–Crippen LogP) is 0.441. The lowest BCUT2D eigenvalue weighted by Gasteiger charge is -2.29. The molecule has 0 amide bonds. The molecule has 0 aliphatic heterocycles. The molecule has 78 valence electrons. The standard InChI is InChI=1S/C10H22N2O/c1-4-11-10(8-13)6-5-9(7-10)12(2)3/h9,11,13H,4-8H2,1-3H3.